The molecule has 1 aliphatic heterocycles. The first-order chi connectivity index (χ1) is 8.22. The maximum absolute atomic E-state index is 12.3. The van der Waals surface area contributed by atoms with Crippen molar-refractivity contribution in [1.29, 1.82) is 0 Å². The van der Waals surface area contributed by atoms with Crippen molar-refractivity contribution in [2.24, 2.45) is 17.8 Å². The number of hydrogen-bond donors (Lipinski definition) is 1. The molecule has 1 N–H and O–H groups in total. The lowest BCUT2D eigenvalue weighted by Crippen LogP contribution is -2.51. The molecule has 3 fully saturated rings. The first-order valence-electron chi connectivity index (χ1n) is 7.23. The van der Waals surface area contributed by atoms with Crippen LogP contribution in [0.1, 0.15) is 39.0 Å². The number of halogens is 1. The van der Waals surface area contributed by atoms with Gasteiger partial charge in [-0.25, -0.2) is 0 Å². The molecule has 1 heterocycles. The molecular weight excluding hydrogens is 248 g/mol. The number of fused-ring (bicyclic) bond motifs is 2. The summed E-state index contributed by atoms with van der Waals surface area (Å²) in [5.74, 6) is 2.96. The molecule has 2 saturated carbocycles. The van der Waals surface area contributed by atoms with Crippen molar-refractivity contribution in [1.82, 2.24) is 10.2 Å². The minimum Gasteiger partial charge on any atom is -0.340 e. The van der Waals surface area contributed by atoms with Crippen LogP contribution >= 0.6 is 12.4 Å². The molecule has 0 radical (unpaired) electrons. The highest BCUT2D eigenvalue weighted by atomic mass is 35.5. The average Bonchev–Trinajstić information content (AvgIpc) is 2.91. The third-order valence-corrected chi connectivity index (χ3v) is 5.04. The van der Waals surface area contributed by atoms with Crippen molar-refractivity contribution in [3.63, 3.8) is 0 Å². The maximum Gasteiger partial charge on any atom is 0.222 e. The van der Waals surface area contributed by atoms with Crippen molar-refractivity contribution in [2.45, 2.75) is 45.1 Å². The van der Waals surface area contributed by atoms with Gasteiger partial charge in [0.2, 0.25) is 5.91 Å². The van der Waals surface area contributed by atoms with E-state index in [1.165, 1.54) is 25.7 Å². The second-order valence-electron chi connectivity index (χ2n) is 6.33. The van der Waals surface area contributed by atoms with E-state index in [1.54, 1.807) is 0 Å². The van der Waals surface area contributed by atoms with E-state index in [0.29, 0.717) is 17.9 Å². The Labute approximate surface area is 116 Å². The molecule has 0 spiro atoms. The summed E-state index contributed by atoms with van der Waals surface area (Å²) in [6, 6.07) is 0.465. The van der Waals surface area contributed by atoms with Gasteiger partial charge in [0.1, 0.15) is 0 Å². The largest absolute Gasteiger partial charge is 0.340 e. The van der Waals surface area contributed by atoms with Gasteiger partial charge in [-0.15, -0.1) is 12.4 Å². The second kappa shape index (κ2) is 5.79. The molecule has 0 aromatic rings. The van der Waals surface area contributed by atoms with Gasteiger partial charge in [-0.3, -0.25) is 4.79 Å². The Balaban J connectivity index is 0.00000120. The molecule has 18 heavy (non-hydrogen) atoms. The standard InChI is InChI=1S/C14H24N2O.ClH/c1-10-9-16(5-4-15-10)14(17)8-13-7-11-2-3-12(13)6-11;/h10-13,15H,2-9H2,1H3;1H/t10-,11?,12?,13?;/m1./s1. The predicted octanol–water partition coefficient (Wildman–Crippen LogP) is 2.05. The van der Waals surface area contributed by atoms with Crippen molar-refractivity contribution in [3.8, 4) is 0 Å². The van der Waals surface area contributed by atoms with Gasteiger partial charge >= 0.3 is 0 Å². The van der Waals surface area contributed by atoms with Crippen LogP contribution in [-0.2, 0) is 4.79 Å². The number of nitrogens with one attached hydrogen (secondary N) is 1. The third-order valence-electron chi connectivity index (χ3n) is 5.04. The molecule has 1 saturated heterocycles. The van der Waals surface area contributed by atoms with E-state index in [9.17, 15) is 4.79 Å². The fourth-order valence-electron chi connectivity index (χ4n) is 4.14. The Kier molecular flexibility index (Phi) is 4.54. The van der Waals surface area contributed by atoms with Crippen LogP contribution in [0.3, 0.4) is 0 Å². The average molecular weight is 273 g/mol. The number of amides is 1. The van der Waals surface area contributed by atoms with Crippen LogP contribution < -0.4 is 5.32 Å². The number of hydrogen-bond acceptors (Lipinski definition) is 2. The van der Waals surface area contributed by atoms with Crippen LogP contribution in [0, 0.1) is 17.8 Å². The zero-order valence-corrected chi connectivity index (χ0v) is 12.0. The molecule has 3 rings (SSSR count). The van der Waals surface area contributed by atoms with Gasteiger partial charge < -0.3 is 10.2 Å². The lowest BCUT2D eigenvalue weighted by atomic mass is 9.86. The summed E-state index contributed by atoms with van der Waals surface area (Å²) in [6.07, 6.45) is 6.39. The van der Waals surface area contributed by atoms with Crippen LogP contribution in [-0.4, -0.2) is 36.5 Å². The fourth-order valence-corrected chi connectivity index (χ4v) is 4.14. The van der Waals surface area contributed by atoms with Crippen molar-refractivity contribution in [3.05, 3.63) is 0 Å². The summed E-state index contributed by atoms with van der Waals surface area (Å²) < 4.78 is 0. The molecule has 3 nitrogen and oxygen atoms in total. The first-order valence-corrected chi connectivity index (χ1v) is 7.23. The van der Waals surface area contributed by atoms with E-state index < -0.39 is 0 Å². The van der Waals surface area contributed by atoms with Crippen LogP contribution in [0.15, 0.2) is 0 Å². The molecule has 104 valence electrons. The molecule has 2 bridgehead atoms. The molecule has 4 heteroatoms. The summed E-state index contributed by atoms with van der Waals surface area (Å²) in [5, 5.41) is 3.39. The molecule has 0 aromatic heterocycles. The van der Waals surface area contributed by atoms with Crippen LogP contribution in [0.4, 0.5) is 0 Å². The van der Waals surface area contributed by atoms with Gasteiger partial charge in [-0.2, -0.15) is 0 Å². The molecule has 3 aliphatic rings. The molecule has 3 unspecified atom stereocenters. The monoisotopic (exact) mass is 272 g/mol. The number of carbonyl (C=O) groups is 1. The molecular formula is C14H25ClN2O. The highest BCUT2D eigenvalue weighted by molar-refractivity contribution is 5.85. The zero-order valence-electron chi connectivity index (χ0n) is 11.2. The molecule has 1 amide bonds. The quantitative estimate of drug-likeness (QED) is 0.835. The number of carbonyl (C=O) groups excluding carboxylic acids is 1. The Morgan fingerprint density at radius 2 is 2.17 bits per heavy atom. The van der Waals surface area contributed by atoms with Crippen molar-refractivity contribution in [2.75, 3.05) is 19.6 Å². The van der Waals surface area contributed by atoms with Gasteiger partial charge in [0, 0.05) is 32.1 Å². The van der Waals surface area contributed by atoms with E-state index in [0.717, 1.165) is 37.9 Å². The van der Waals surface area contributed by atoms with E-state index in [1.807, 2.05) is 0 Å². The number of piperazine rings is 1. The van der Waals surface area contributed by atoms with E-state index in [-0.39, 0.29) is 12.4 Å². The number of rotatable bonds is 2. The van der Waals surface area contributed by atoms with Gasteiger partial charge in [0.25, 0.3) is 0 Å². The summed E-state index contributed by atoms with van der Waals surface area (Å²) in [5.41, 5.74) is 0. The Bertz CT molecular complexity index is 310. The summed E-state index contributed by atoms with van der Waals surface area (Å²) in [7, 11) is 0. The summed E-state index contributed by atoms with van der Waals surface area (Å²) in [4.78, 5) is 14.4. The maximum atomic E-state index is 12.3. The minimum absolute atomic E-state index is 0. The van der Waals surface area contributed by atoms with E-state index in [4.69, 9.17) is 0 Å². The first kappa shape index (κ1) is 14.1. The third kappa shape index (κ3) is 2.83. The Hall–Kier alpha value is -0.280. The lowest BCUT2D eigenvalue weighted by molar-refractivity contribution is -0.133. The Morgan fingerprint density at radius 1 is 1.33 bits per heavy atom. The highest BCUT2D eigenvalue weighted by Gasteiger charge is 2.40. The molecule has 0 aromatic carbocycles. The van der Waals surface area contributed by atoms with Gasteiger partial charge in [-0.05, 0) is 43.9 Å². The summed E-state index contributed by atoms with van der Waals surface area (Å²) >= 11 is 0. The normalized spacial score (nSPS) is 38.6. The van der Waals surface area contributed by atoms with Gasteiger partial charge in [-0.1, -0.05) is 6.42 Å². The van der Waals surface area contributed by atoms with Crippen LogP contribution in [0.5, 0.6) is 0 Å². The van der Waals surface area contributed by atoms with Gasteiger partial charge in [0.15, 0.2) is 0 Å². The van der Waals surface area contributed by atoms with E-state index in [2.05, 4.69) is 17.1 Å². The van der Waals surface area contributed by atoms with Crippen LogP contribution in [0.2, 0.25) is 0 Å². The minimum atomic E-state index is 0. The molecule has 2 aliphatic carbocycles. The van der Waals surface area contributed by atoms with Crippen molar-refractivity contribution < 1.29 is 4.79 Å². The number of nitrogens with zero attached hydrogens (tertiary/aromatic N) is 1. The molecule has 4 atom stereocenters. The lowest BCUT2D eigenvalue weighted by Gasteiger charge is -2.33. The summed E-state index contributed by atoms with van der Waals surface area (Å²) in [6.45, 7) is 4.93. The van der Waals surface area contributed by atoms with Gasteiger partial charge in [0.05, 0.1) is 0 Å². The predicted molar refractivity (Wildman–Crippen MR) is 74.8 cm³/mol. The van der Waals surface area contributed by atoms with Crippen LogP contribution in [0.25, 0.3) is 0 Å². The topological polar surface area (TPSA) is 32.3 Å². The smallest absolute Gasteiger partial charge is 0.222 e. The van der Waals surface area contributed by atoms with Crippen molar-refractivity contribution >= 4 is 18.3 Å². The SMILES string of the molecule is C[C@@H]1CN(C(=O)CC2CC3CCC2C3)CCN1.Cl. The second-order valence-corrected chi connectivity index (χ2v) is 6.33. The zero-order chi connectivity index (χ0) is 11.8. The highest BCUT2D eigenvalue weighted by Crippen LogP contribution is 2.49. The fraction of sp³-hybridized carbons (Fsp3) is 0.929. The Morgan fingerprint density at radius 3 is 2.78 bits per heavy atom. The van der Waals surface area contributed by atoms with E-state index >= 15 is 0 Å².